The topological polar surface area (TPSA) is 46.9 Å². The van der Waals surface area contributed by atoms with Crippen LogP contribution in [0.4, 0.5) is 5.82 Å². The fraction of sp³-hybridized carbons (Fsp3) is 0.375. The first-order valence-electron chi connectivity index (χ1n) is 7.27. The van der Waals surface area contributed by atoms with E-state index >= 15 is 0 Å². The molecule has 1 aliphatic heterocycles. The molecule has 2 heterocycles. The Labute approximate surface area is 139 Å². The van der Waals surface area contributed by atoms with Gasteiger partial charge in [0, 0.05) is 17.0 Å². The molecule has 4 nitrogen and oxygen atoms in total. The van der Waals surface area contributed by atoms with Crippen molar-refractivity contribution in [1.82, 2.24) is 9.78 Å². The number of thioether (sulfide) groups is 1. The Morgan fingerprint density at radius 2 is 2.27 bits per heavy atom. The number of carbonyl (C=O) groups excluding carboxylic acids is 1. The summed E-state index contributed by atoms with van der Waals surface area (Å²) in [6, 6.07) is 7.71. The Hall–Kier alpha value is -1.46. The summed E-state index contributed by atoms with van der Waals surface area (Å²) in [6.45, 7) is 0.560. The Kier molecular flexibility index (Phi) is 4.74. The molecular weight excluding hydrogens is 318 g/mol. The van der Waals surface area contributed by atoms with Gasteiger partial charge in [0.25, 0.3) is 0 Å². The number of fused-ring (bicyclic) bond motifs is 1. The Morgan fingerprint density at radius 1 is 1.45 bits per heavy atom. The second-order valence-corrected chi connectivity index (χ2v) is 6.82. The Bertz CT molecular complexity index is 686. The molecule has 116 valence electrons. The zero-order valence-electron chi connectivity index (χ0n) is 12.4. The minimum Gasteiger partial charge on any atom is -0.311 e. The number of aromatic nitrogens is 2. The van der Waals surface area contributed by atoms with Gasteiger partial charge < -0.3 is 5.32 Å². The molecule has 1 aromatic carbocycles. The first kappa shape index (κ1) is 15.4. The van der Waals surface area contributed by atoms with Crippen LogP contribution < -0.4 is 5.32 Å². The maximum Gasteiger partial charge on any atom is 0.226 e. The van der Waals surface area contributed by atoms with Crippen LogP contribution in [0.2, 0.25) is 5.02 Å². The summed E-state index contributed by atoms with van der Waals surface area (Å²) < 4.78 is 1.83. The lowest BCUT2D eigenvalue weighted by Gasteiger charge is -2.23. The summed E-state index contributed by atoms with van der Waals surface area (Å²) in [7, 11) is 0. The van der Waals surface area contributed by atoms with E-state index in [2.05, 4.69) is 16.7 Å². The summed E-state index contributed by atoms with van der Waals surface area (Å²) in [4.78, 5) is 12.0. The smallest absolute Gasteiger partial charge is 0.226 e. The molecule has 3 rings (SSSR count). The molecule has 1 N–H and O–H groups in total. The summed E-state index contributed by atoms with van der Waals surface area (Å²) in [5, 5.41) is 8.15. The molecule has 0 unspecified atom stereocenters. The second kappa shape index (κ2) is 6.75. The lowest BCUT2D eigenvalue weighted by molar-refractivity contribution is -0.116. The van der Waals surface area contributed by atoms with E-state index < -0.39 is 0 Å². The summed E-state index contributed by atoms with van der Waals surface area (Å²) in [6.07, 6.45) is 5.52. The van der Waals surface area contributed by atoms with Gasteiger partial charge in [-0.25, -0.2) is 4.68 Å². The van der Waals surface area contributed by atoms with E-state index in [0.717, 1.165) is 29.1 Å². The highest BCUT2D eigenvalue weighted by molar-refractivity contribution is 7.98. The fourth-order valence-electron chi connectivity index (χ4n) is 2.78. The number of nitrogens with zero attached hydrogens (tertiary/aromatic N) is 2. The highest BCUT2D eigenvalue weighted by atomic mass is 35.5. The molecule has 0 fully saturated rings. The van der Waals surface area contributed by atoms with Crippen molar-refractivity contribution in [2.24, 2.45) is 0 Å². The number of rotatable bonds is 5. The number of benzene rings is 1. The Morgan fingerprint density at radius 3 is 3.05 bits per heavy atom. The molecule has 1 aliphatic rings. The van der Waals surface area contributed by atoms with Crippen LogP contribution in [0.15, 0.2) is 30.5 Å². The van der Waals surface area contributed by atoms with Crippen molar-refractivity contribution >= 4 is 35.1 Å². The third kappa shape index (κ3) is 3.15. The Balaban J connectivity index is 1.88. The molecule has 22 heavy (non-hydrogen) atoms. The molecule has 0 radical (unpaired) electrons. The number of carbonyl (C=O) groups is 1. The summed E-state index contributed by atoms with van der Waals surface area (Å²) >= 11 is 8.03. The summed E-state index contributed by atoms with van der Waals surface area (Å²) in [5.74, 6) is 2.20. The predicted molar refractivity (Wildman–Crippen MR) is 91.8 cm³/mol. The molecule has 6 heteroatoms. The standard InChI is InChI=1S/C16H18ClN3OS/c1-22-7-6-11-8-15(21)19-16-13(11)9-18-20(16)10-12-4-2-3-5-14(12)17/h2-5,9,11H,6-8,10H2,1H3,(H,19,21)/t11-/m1/s1. The quantitative estimate of drug-likeness (QED) is 0.904. The average molecular weight is 336 g/mol. The SMILES string of the molecule is CSCC[C@@H]1CC(=O)Nc2c1cnn2Cc1ccccc1Cl. The number of nitrogens with one attached hydrogen (secondary N) is 1. The van der Waals surface area contributed by atoms with Gasteiger partial charge in [0.15, 0.2) is 0 Å². The van der Waals surface area contributed by atoms with Crippen molar-refractivity contribution in [3.63, 3.8) is 0 Å². The van der Waals surface area contributed by atoms with Gasteiger partial charge in [-0.3, -0.25) is 4.79 Å². The number of halogens is 1. The lowest BCUT2D eigenvalue weighted by Crippen LogP contribution is -2.24. The van der Waals surface area contributed by atoms with Gasteiger partial charge in [-0.05, 0) is 36.0 Å². The van der Waals surface area contributed by atoms with Gasteiger partial charge in [-0.15, -0.1) is 0 Å². The van der Waals surface area contributed by atoms with E-state index in [4.69, 9.17) is 11.6 Å². The van der Waals surface area contributed by atoms with Gasteiger partial charge in [-0.1, -0.05) is 29.8 Å². The minimum atomic E-state index is 0.0690. The van der Waals surface area contributed by atoms with Crippen LogP contribution in [0.3, 0.4) is 0 Å². The van der Waals surface area contributed by atoms with E-state index in [1.807, 2.05) is 35.1 Å². The zero-order chi connectivity index (χ0) is 15.5. The van der Waals surface area contributed by atoms with Gasteiger partial charge in [-0.2, -0.15) is 16.9 Å². The first-order valence-corrected chi connectivity index (χ1v) is 9.04. The molecule has 1 amide bonds. The van der Waals surface area contributed by atoms with Gasteiger partial charge in [0.05, 0.1) is 12.7 Å². The van der Waals surface area contributed by atoms with Crippen LogP contribution in [-0.2, 0) is 11.3 Å². The molecule has 0 aliphatic carbocycles. The van der Waals surface area contributed by atoms with Crippen LogP contribution in [0.1, 0.15) is 29.9 Å². The van der Waals surface area contributed by atoms with Crippen LogP contribution in [-0.4, -0.2) is 27.7 Å². The van der Waals surface area contributed by atoms with Crippen LogP contribution in [0.5, 0.6) is 0 Å². The van der Waals surface area contributed by atoms with E-state index in [9.17, 15) is 4.79 Å². The van der Waals surface area contributed by atoms with Gasteiger partial charge >= 0.3 is 0 Å². The maximum absolute atomic E-state index is 12.0. The number of hydrogen-bond acceptors (Lipinski definition) is 3. The zero-order valence-corrected chi connectivity index (χ0v) is 14.0. The van der Waals surface area contributed by atoms with Gasteiger partial charge in [0.2, 0.25) is 5.91 Å². The largest absolute Gasteiger partial charge is 0.311 e. The average Bonchev–Trinajstić information content (AvgIpc) is 2.90. The maximum atomic E-state index is 12.0. The van der Waals surface area contributed by atoms with Crippen LogP contribution in [0, 0.1) is 0 Å². The molecule has 0 saturated heterocycles. The van der Waals surface area contributed by atoms with E-state index in [1.54, 1.807) is 11.8 Å². The molecule has 2 aromatic rings. The van der Waals surface area contributed by atoms with Crippen molar-refractivity contribution in [2.45, 2.75) is 25.3 Å². The van der Waals surface area contributed by atoms with Crippen molar-refractivity contribution in [2.75, 3.05) is 17.3 Å². The number of amides is 1. The summed E-state index contributed by atoms with van der Waals surface area (Å²) in [5.41, 5.74) is 2.14. The van der Waals surface area contributed by atoms with Crippen molar-refractivity contribution < 1.29 is 4.79 Å². The fourth-order valence-corrected chi connectivity index (χ4v) is 3.49. The van der Waals surface area contributed by atoms with Gasteiger partial charge in [0.1, 0.15) is 5.82 Å². The predicted octanol–water partition coefficient (Wildman–Crippen LogP) is 3.76. The monoisotopic (exact) mass is 335 g/mol. The van der Waals surface area contributed by atoms with Crippen LogP contribution in [0.25, 0.3) is 0 Å². The molecule has 1 atom stereocenters. The molecular formula is C16H18ClN3OS. The molecule has 0 bridgehead atoms. The van der Waals surface area contributed by atoms with Crippen molar-refractivity contribution in [1.29, 1.82) is 0 Å². The van der Waals surface area contributed by atoms with E-state index in [-0.39, 0.29) is 11.8 Å². The molecule has 0 saturated carbocycles. The lowest BCUT2D eigenvalue weighted by atomic mass is 9.92. The van der Waals surface area contributed by atoms with Crippen LogP contribution >= 0.6 is 23.4 Å². The number of hydrogen-bond donors (Lipinski definition) is 1. The van der Waals surface area contributed by atoms with Crippen molar-refractivity contribution in [3.05, 3.63) is 46.6 Å². The highest BCUT2D eigenvalue weighted by Crippen LogP contribution is 2.35. The van der Waals surface area contributed by atoms with E-state index in [0.29, 0.717) is 18.0 Å². The second-order valence-electron chi connectivity index (χ2n) is 5.43. The normalized spacial score (nSPS) is 17.2. The van der Waals surface area contributed by atoms with E-state index in [1.165, 1.54) is 0 Å². The first-order chi connectivity index (χ1) is 10.7. The van der Waals surface area contributed by atoms with Crippen molar-refractivity contribution in [3.8, 4) is 0 Å². The number of anilines is 1. The third-order valence-electron chi connectivity index (χ3n) is 3.95. The minimum absolute atomic E-state index is 0.0690. The molecule has 0 spiro atoms. The highest BCUT2D eigenvalue weighted by Gasteiger charge is 2.28. The third-order valence-corrected chi connectivity index (χ3v) is 4.96. The molecule has 1 aromatic heterocycles.